The molecule has 0 aromatic carbocycles. The zero-order chi connectivity index (χ0) is 12.3. The van der Waals surface area contributed by atoms with Crippen LogP contribution in [-0.4, -0.2) is 17.5 Å². The number of hydrogen-bond acceptors (Lipinski definition) is 4. The summed E-state index contributed by atoms with van der Waals surface area (Å²) in [5.41, 5.74) is -0.224. The van der Waals surface area contributed by atoms with Gasteiger partial charge in [-0.1, -0.05) is 0 Å². The molecule has 1 N–H and O–H groups in total. The Morgan fingerprint density at radius 1 is 1.65 bits per heavy atom. The number of nitrogens with one attached hydrogen (secondary N) is 1. The third kappa shape index (κ3) is 2.36. The Morgan fingerprint density at radius 3 is 2.88 bits per heavy atom. The van der Waals surface area contributed by atoms with Gasteiger partial charge >= 0.3 is 0 Å². The monoisotopic (exact) mass is 231 g/mol. The number of aromatic nitrogens is 1. The fraction of sp³-hybridized carbons (Fsp3) is 0.417. The first kappa shape index (κ1) is 11.4. The van der Waals surface area contributed by atoms with E-state index in [1.165, 1.54) is 6.20 Å². The van der Waals surface area contributed by atoms with Crippen molar-refractivity contribution in [1.82, 2.24) is 4.98 Å². The lowest BCUT2D eigenvalue weighted by Crippen LogP contribution is -2.22. The molecule has 1 aromatic rings. The van der Waals surface area contributed by atoms with E-state index in [9.17, 15) is 4.79 Å². The van der Waals surface area contributed by atoms with Gasteiger partial charge in [-0.3, -0.25) is 4.79 Å². The molecule has 17 heavy (non-hydrogen) atoms. The Hall–Kier alpha value is -2.09. The molecule has 88 valence electrons. The van der Waals surface area contributed by atoms with E-state index in [1.807, 2.05) is 13.0 Å². The van der Waals surface area contributed by atoms with Crippen molar-refractivity contribution in [3.63, 3.8) is 0 Å². The molecule has 1 saturated carbocycles. The quantitative estimate of drug-likeness (QED) is 0.856. The standard InChI is InChI=1S/C12H13N3O2/c1-2-17-10-4-3-9(7-14-10)15-11(16)12(8-13)5-6-12/h3-4,7H,2,5-6H2,1H3,(H,15,16). The van der Waals surface area contributed by atoms with Crippen LogP contribution in [-0.2, 0) is 4.79 Å². The summed E-state index contributed by atoms with van der Waals surface area (Å²) in [7, 11) is 0. The Balaban J connectivity index is 2.00. The lowest BCUT2D eigenvalue weighted by atomic mass is 10.1. The van der Waals surface area contributed by atoms with Crippen LogP contribution < -0.4 is 10.1 Å². The first-order valence-electron chi connectivity index (χ1n) is 5.52. The van der Waals surface area contributed by atoms with Crippen LogP contribution in [0.5, 0.6) is 5.88 Å². The van der Waals surface area contributed by atoms with E-state index in [0.717, 1.165) is 0 Å². The summed E-state index contributed by atoms with van der Waals surface area (Å²) in [5, 5.41) is 11.6. The minimum absolute atomic E-state index is 0.244. The van der Waals surface area contributed by atoms with E-state index < -0.39 is 5.41 Å². The van der Waals surface area contributed by atoms with Gasteiger partial charge in [0.2, 0.25) is 11.8 Å². The number of pyridine rings is 1. The number of hydrogen-bond donors (Lipinski definition) is 1. The Bertz CT molecular complexity index is 458. The molecule has 0 unspecified atom stereocenters. The zero-order valence-corrected chi connectivity index (χ0v) is 9.56. The van der Waals surface area contributed by atoms with E-state index in [4.69, 9.17) is 10.00 Å². The molecule has 0 spiro atoms. The maximum Gasteiger partial charge on any atom is 0.244 e. The summed E-state index contributed by atoms with van der Waals surface area (Å²) in [4.78, 5) is 15.8. The highest BCUT2D eigenvalue weighted by molar-refractivity contribution is 5.99. The molecule has 1 heterocycles. The summed E-state index contributed by atoms with van der Waals surface area (Å²) in [6.07, 6.45) is 2.80. The lowest BCUT2D eigenvalue weighted by Gasteiger charge is -2.08. The minimum atomic E-state index is -0.807. The van der Waals surface area contributed by atoms with Crippen LogP contribution in [0.4, 0.5) is 5.69 Å². The molecule has 5 heteroatoms. The summed E-state index contributed by atoms with van der Waals surface area (Å²) >= 11 is 0. The van der Waals surface area contributed by atoms with E-state index in [1.54, 1.807) is 12.1 Å². The first-order chi connectivity index (χ1) is 8.20. The van der Waals surface area contributed by atoms with Crippen LogP contribution >= 0.6 is 0 Å². The lowest BCUT2D eigenvalue weighted by molar-refractivity contribution is -0.119. The normalized spacial score (nSPS) is 15.8. The third-order valence-corrected chi connectivity index (χ3v) is 2.69. The first-order valence-corrected chi connectivity index (χ1v) is 5.52. The number of carbonyl (C=O) groups is 1. The SMILES string of the molecule is CCOc1ccc(NC(=O)C2(C#N)CC2)cn1. The van der Waals surface area contributed by atoms with Gasteiger partial charge in [0.05, 0.1) is 24.6 Å². The predicted octanol–water partition coefficient (Wildman–Crippen LogP) is 1.72. The van der Waals surface area contributed by atoms with Gasteiger partial charge in [0.15, 0.2) is 0 Å². The van der Waals surface area contributed by atoms with Gasteiger partial charge in [0, 0.05) is 6.07 Å². The molecule has 0 bridgehead atoms. The summed E-state index contributed by atoms with van der Waals surface area (Å²) in [6.45, 7) is 2.43. The number of ether oxygens (including phenoxy) is 1. The summed E-state index contributed by atoms with van der Waals surface area (Å²) in [5.74, 6) is 0.276. The number of anilines is 1. The third-order valence-electron chi connectivity index (χ3n) is 2.69. The van der Waals surface area contributed by atoms with E-state index in [-0.39, 0.29) is 5.91 Å². The fourth-order valence-corrected chi connectivity index (χ4v) is 1.45. The number of nitrogens with zero attached hydrogens (tertiary/aromatic N) is 2. The van der Waals surface area contributed by atoms with Crippen molar-refractivity contribution >= 4 is 11.6 Å². The van der Waals surface area contributed by atoms with Gasteiger partial charge in [-0.05, 0) is 25.8 Å². The summed E-state index contributed by atoms with van der Waals surface area (Å²) in [6, 6.07) is 5.44. The smallest absolute Gasteiger partial charge is 0.244 e. The Morgan fingerprint density at radius 2 is 2.41 bits per heavy atom. The van der Waals surface area contributed by atoms with Crippen LogP contribution in [0.2, 0.25) is 0 Å². The Labute approximate surface area is 99.4 Å². The summed E-state index contributed by atoms with van der Waals surface area (Å²) < 4.78 is 5.19. The topological polar surface area (TPSA) is 75.0 Å². The fourth-order valence-electron chi connectivity index (χ4n) is 1.45. The zero-order valence-electron chi connectivity index (χ0n) is 9.56. The average molecular weight is 231 g/mol. The van der Waals surface area contributed by atoms with E-state index in [0.29, 0.717) is 31.0 Å². The maximum absolute atomic E-state index is 11.7. The second kappa shape index (κ2) is 4.42. The van der Waals surface area contributed by atoms with Gasteiger partial charge in [-0.2, -0.15) is 5.26 Å². The van der Waals surface area contributed by atoms with Crippen molar-refractivity contribution in [3.05, 3.63) is 18.3 Å². The Kier molecular flexibility index (Phi) is 2.96. The molecule has 2 rings (SSSR count). The molecule has 5 nitrogen and oxygen atoms in total. The van der Waals surface area contributed by atoms with Crippen LogP contribution in [0, 0.1) is 16.7 Å². The van der Waals surface area contributed by atoms with Crippen molar-refractivity contribution in [2.75, 3.05) is 11.9 Å². The molecular formula is C12H13N3O2. The van der Waals surface area contributed by atoms with Crippen LogP contribution in [0.15, 0.2) is 18.3 Å². The van der Waals surface area contributed by atoms with Gasteiger partial charge in [0.1, 0.15) is 5.41 Å². The van der Waals surface area contributed by atoms with Gasteiger partial charge in [-0.15, -0.1) is 0 Å². The van der Waals surface area contributed by atoms with Crippen molar-refractivity contribution in [2.45, 2.75) is 19.8 Å². The second-order valence-corrected chi connectivity index (χ2v) is 3.97. The van der Waals surface area contributed by atoms with Gasteiger partial charge in [-0.25, -0.2) is 4.98 Å². The van der Waals surface area contributed by atoms with Gasteiger partial charge < -0.3 is 10.1 Å². The molecule has 0 atom stereocenters. The molecule has 1 aliphatic carbocycles. The highest BCUT2D eigenvalue weighted by atomic mass is 16.5. The minimum Gasteiger partial charge on any atom is -0.478 e. The number of rotatable bonds is 4. The molecular weight excluding hydrogens is 218 g/mol. The number of nitriles is 1. The second-order valence-electron chi connectivity index (χ2n) is 3.97. The van der Waals surface area contributed by atoms with Crippen molar-refractivity contribution in [2.24, 2.45) is 5.41 Å². The van der Waals surface area contributed by atoms with Gasteiger partial charge in [0.25, 0.3) is 0 Å². The molecule has 0 saturated heterocycles. The molecule has 0 aliphatic heterocycles. The molecule has 1 fully saturated rings. The highest BCUT2D eigenvalue weighted by Crippen LogP contribution is 2.45. The van der Waals surface area contributed by atoms with E-state index in [2.05, 4.69) is 10.3 Å². The predicted molar refractivity (Wildman–Crippen MR) is 61.3 cm³/mol. The van der Waals surface area contributed by atoms with Crippen LogP contribution in [0.25, 0.3) is 0 Å². The average Bonchev–Trinajstić information content (AvgIpc) is 3.13. The molecule has 1 aliphatic rings. The number of carbonyl (C=O) groups excluding carboxylic acids is 1. The molecule has 1 aromatic heterocycles. The van der Waals surface area contributed by atoms with Crippen molar-refractivity contribution < 1.29 is 9.53 Å². The largest absolute Gasteiger partial charge is 0.478 e. The van der Waals surface area contributed by atoms with Crippen molar-refractivity contribution in [3.8, 4) is 11.9 Å². The van der Waals surface area contributed by atoms with Crippen LogP contribution in [0.3, 0.4) is 0 Å². The van der Waals surface area contributed by atoms with Crippen LogP contribution in [0.1, 0.15) is 19.8 Å². The van der Waals surface area contributed by atoms with Crippen molar-refractivity contribution in [1.29, 1.82) is 5.26 Å². The number of amides is 1. The highest BCUT2D eigenvalue weighted by Gasteiger charge is 2.50. The van der Waals surface area contributed by atoms with E-state index >= 15 is 0 Å². The maximum atomic E-state index is 11.7. The molecule has 1 amide bonds. The molecule has 0 radical (unpaired) electrons.